The van der Waals surface area contributed by atoms with Crippen molar-refractivity contribution in [3.63, 3.8) is 0 Å². The molecule has 0 fully saturated rings. The molecule has 1 heterocycles. The molecule has 0 radical (unpaired) electrons. The minimum Gasteiger partial charge on any atom is -0.327 e. The Balaban J connectivity index is 2.54. The molecule has 0 atom stereocenters. The molecule has 1 aromatic rings. The number of nitriles is 1. The minimum atomic E-state index is -0.796. The van der Waals surface area contributed by atoms with E-state index in [1.807, 2.05) is 0 Å². The lowest BCUT2D eigenvalue weighted by atomic mass is 10.1. The minimum absolute atomic E-state index is 0.117. The largest absolute Gasteiger partial charge is 0.327 e. The number of thioether (sulfide) groups is 1. The van der Waals surface area contributed by atoms with E-state index in [2.05, 4.69) is 16.0 Å². The lowest BCUT2D eigenvalue weighted by Gasteiger charge is -2.28. The van der Waals surface area contributed by atoms with Gasteiger partial charge in [-0.1, -0.05) is 11.8 Å². The van der Waals surface area contributed by atoms with Crippen LogP contribution in [0.25, 0.3) is 0 Å². The number of aromatic nitrogens is 2. The highest BCUT2D eigenvalue weighted by molar-refractivity contribution is 7.99. The van der Waals surface area contributed by atoms with Gasteiger partial charge in [0.1, 0.15) is 5.54 Å². The number of carbonyl (C=O) groups excluding carboxylic acids is 1. The summed E-state index contributed by atoms with van der Waals surface area (Å²) in [4.78, 5) is 21.3. The molecule has 1 aromatic heterocycles. The second kappa shape index (κ2) is 5.64. The van der Waals surface area contributed by atoms with Gasteiger partial charge in [0.25, 0.3) is 0 Å². The second-order valence-corrected chi connectivity index (χ2v) is 4.89. The number of amides is 1. The first-order valence-electron chi connectivity index (χ1n) is 5.05. The SMILES string of the molecule is CN(C(=O)CSc1ncccn1)C(C)(C)C#N. The van der Waals surface area contributed by atoms with Gasteiger partial charge in [0.2, 0.25) is 5.91 Å². The lowest BCUT2D eigenvalue weighted by Crippen LogP contribution is -2.44. The Morgan fingerprint density at radius 3 is 2.65 bits per heavy atom. The molecule has 0 bridgehead atoms. The number of hydrogen-bond donors (Lipinski definition) is 0. The summed E-state index contributed by atoms with van der Waals surface area (Å²) in [6.45, 7) is 3.41. The average molecular weight is 250 g/mol. The molecule has 6 heteroatoms. The van der Waals surface area contributed by atoms with Crippen molar-refractivity contribution in [2.24, 2.45) is 0 Å². The fourth-order valence-corrected chi connectivity index (χ4v) is 1.69. The van der Waals surface area contributed by atoms with E-state index in [0.717, 1.165) is 0 Å². The molecular weight excluding hydrogens is 236 g/mol. The molecule has 0 spiro atoms. The predicted molar refractivity (Wildman–Crippen MR) is 65.2 cm³/mol. The van der Waals surface area contributed by atoms with E-state index >= 15 is 0 Å². The molecule has 0 unspecified atom stereocenters. The fraction of sp³-hybridized carbons (Fsp3) is 0.455. The average Bonchev–Trinajstić information content (AvgIpc) is 2.36. The van der Waals surface area contributed by atoms with Gasteiger partial charge in [-0.25, -0.2) is 9.97 Å². The van der Waals surface area contributed by atoms with Crippen molar-refractivity contribution in [2.45, 2.75) is 24.5 Å². The number of nitrogens with zero attached hydrogens (tertiary/aromatic N) is 4. The molecule has 0 aromatic carbocycles. The molecule has 0 aliphatic heterocycles. The van der Waals surface area contributed by atoms with Gasteiger partial charge in [0, 0.05) is 19.4 Å². The van der Waals surface area contributed by atoms with Gasteiger partial charge in [-0.2, -0.15) is 5.26 Å². The van der Waals surface area contributed by atoms with Gasteiger partial charge in [0.05, 0.1) is 11.8 Å². The van der Waals surface area contributed by atoms with Crippen molar-refractivity contribution in [3.05, 3.63) is 18.5 Å². The maximum absolute atomic E-state index is 11.8. The third kappa shape index (κ3) is 3.71. The zero-order chi connectivity index (χ0) is 12.9. The number of carbonyl (C=O) groups is 1. The molecule has 1 amide bonds. The molecule has 0 aliphatic carbocycles. The van der Waals surface area contributed by atoms with Crippen LogP contribution in [0.2, 0.25) is 0 Å². The highest BCUT2D eigenvalue weighted by Gasteiger charge is 2.27. The van der Waals surface area contributed by atoms with E-state index in [1.165, 1.54) is 16.7 Å². The summed E-state index contributed by atoms with van der Waals surface area (Å²) in [5.41, 5.74) is -0.796. The van der Waals surface area contributed by atoms with Gasteiger partial charge in [-0.15, -0.1) is 0 Å². The lowest BCUT2D eigenvalue weighted by molar-refractivity contribution is -0.130. The Kier molecular flexibility index (Phi) is 4.46. The van der Waals surface area contributed by atoms with Gasteiger partial charge in [0.15, 0.2) is 5.16 Å². The molecular formula is C11H14N4OS. The summed E-state index contributed by atoms with van der Waals surface area (Å²) in [5, 5.41) is 9.48. The molecule has 17 heavy (non-hydrogen) atoms. The van der Waals surface area contributed by atoms with Crippen molar-refractivity contribution in [3.8, 4) is 6.07 Å². The van der Waals surface area contributed by atoms with Gasteiger partial charge in [-0.05, 0) is 19.9 Å². The van der Waals surface area contributed by atoms with Gasteiger partial charge < -0.3 is 4.90 Å². The molecule has 1 rings (SSSR count). The zero-order valence-electron chi connectivity index (χ0n) is 10.0. The Labute approximate surface area is 105 Å². The monoisotopic (exact) mass is 250 g/mol. The van der Waals surface area contributed by atoms with Crippen LogP contribution < -0.4 is 0 Å². The van der Waals surface area contributed by atoms with Crippen LogP contribution in [-0.2, 0) is 4.79 Å². The second-order valence-electron chi connectivity index (χ2n) is 3.94. The maximum atomic E-state index is 11.8. The highest BCUT2D eigenvalue weighted by Crippen LogP contribution is 2.16. The van der Waals surface area contributed by atoms with E-state index in [4.69, 9.17) is 5.26 Å². The summed E-state index contributed by atoms with van der Waals surface area (Å²) in [6.07, 6.45) is 3.26. The molecule has 0 aliphatic rings. The summed E-state index contributed by atoms with van der Waals surface area (Å²) < 4.78 is 0. The smallest absolute Gasteiger partial charge is 0.234 e. The fourth-order valence-electron chi connectivity index (χ4n) is 0.970. The summed E-state index contributed by atoms with van der Waals surface area (Å²) >= 11 is 1.26. The molecule has 0 N–H and O–H groups in total. The van der Waals surface area contributed by atoms with Crippen LogP contribution >= 0.6 is 11.8 Å². The first-order valence-corrected chi connectivity index (χ1v) is 6.03. The van der Waals surface area contributed by atoms with Crippen molar-refractivity contribution in [2.75, 3.05) is 12.8 Å². The summed E-state index contributed by atoms with van der Waals surface area (Å²) in [6, 6.07) is 3.80. The van der Waals surface area contributed by atoms with Crippen molar-refractivity contribution in [1.82, 2.24) is 14.9 Å². The first kappa shape index (κ1) is 13.5. The van der Waals surface area contributed by atoms with E-state index in [0.29, 0.717) is 5.16 Å². The van der Waals surface area contributed by atoms with Gasteiger partial charge >= 0.3 is 0 Å². The van der Waals surface area contributed by atoms with Crippen LogP contribution in [0.5, 0.6) is 0 Å². The zero-order valence-corrected chi connectivity index (χ0v) is 10.9. The van der Waals surface area contributed by atoms with Crippen LogP contribution in [0.15, 0.2) is 23.6 Å². The van der Waals surface area contributed by atoms with Crippen LogP contribution in [0.3, 0.4) is 0 Å². The van der Waals surface area contributed by atoms with Crippen molar-refractivity contribution < 1.29 is 4.79 Å². The van der Waals surface area contributed by atoms with E-state index in [-0.39, 0.29) is 11.7 Å². The Morgan fingerprint density at radius 2 is 2.12 bits per heavy atom. The quantitative estimate of drug-likeness (QED) is 0.595. The van der Waals surface area contributed by atoms with Gasteiger partial charge in [-0.3, -0.25) is 4.79 Å². The third-order valence-electron chi connectivity index (χ3n) is 2.35. The number of rotatable bonds is 4. The molecule has 0 saturated heterocycles. The maximum Gasteiger partial charge on any atom is 0.234 e. The molecule has 90 valence electrons. The van der Waals surface area contributed by atoms with E-state index in [1.54, 1.807) is 39.4 Å². The van der Waals surface area contributed by atoms with Crippen molar-refractivity contribution in [1.29, 1.82) is 5.26 Å². The highest BCUT2D eigenvalue weighted by atomic mass is 32.2. The van der Waals surface area contributed by atoms with Crippen LogP contribution in [-0.4, -0.2) is 39.1 Å². The Morgan fingerprint density at radius 1 is 1.53 bits per heavy atom. The Bertz CT molecular complexity index is 427. The third-order valence-corrected chi connectivity index (χ3v) is 3.21. The predicted octanol–water partition coefficient (Wildman–Crippen LogP) is 1.33. The van der Waals surface area contributed by atoms with E-state index in [9.17, 15) is 4.79 Å². The van der Waals surface area contributed by atoms with Crippen LogP contribution in [0, 0.1) is 11.3 Å². The first-order chi connectivity index (χ1) is 7.97. The topological polar surface area (TPSA) is 69.9 Å². The Hall–Kier alpha value is -1.61. The number of hydrogen-bond acceptors (Lipinski definition) is 5. The summed E-state index contributed by atoms with van der Waals surface area (Å²) in [5.74, 6) is 0.111. The van der Waals surface area contributed by atoms with E-state index < -0.39 is 5.54 Å². The summed E-state index contributed by atoms with van der Waals surface area (Å²) in [7, 11) is 1.62. The normalized spacial score (nSPS) is 10.7. The standard InChI is InChI=1S/C11H14N4OS/c1-11(2,8-12)15(3)9(16)7-17-10-13-5-4-6-14-10/h4-6H,7H2,1-3H3. The van der Waals surface area contributed by atoms with Crippen LogP contribution in [0.4, 0.5) is 0 Å². The molecule has 5 nitrogen and oxygen atoms in total. The van der Waals surface area contributed by atoms with Crippen molar-refractivity contribution >= 4 is 17.7 Å². The van der Waals surface area contributed by atoms with Crippen LogP contribution in [0.1, 0.15) is 13.8 Å². The molecule has 0 saturated carbocycles.